The van der Waals surface area contributed by atoms with Crippen LogP contribution in [0.25, 0.3) is 0 Å². The highest BCUT2D eigenvalue weighted by atomic mass is 16.5. The first-order valence-corrected chi connectivity index (χ1v) is 6.30. The van der Waals surface area contributed by atoms with Crippen LogP contribution >= 0.6 is 0 Å². The third-order valence-corrected chi connectivity index (χ3v) is 3.82. The van der Waals surface area contributed by atoms with E-state index in [1.807, 2.05) is 0 Å². The lowest BCUT2D eigenvalue weighted by Crippen LogP contribution is -2.52. The summed E-state index contributed by atoms with van der Waals surface area (Å²) in [5.41, 5.74) is 0. The van der Waals surface area contributed by atoms with Crippen molar-refractivity contribution < 1.29 is 9.84 Å². The SMILES string of the molecule is CC1CCCCCN1C1COCCC1O. The molecule has 0 aromatic rings. The zero-order chi connectivity index (χ0) is 10.7. The van der Waals surface area contributed by atoms with Crippen LogP contribution in [0.15, 0.2) is 0 Å². The lowest BCUT2D eigenvalue weighted by molar-refractivity contribution is -0.0708. The first kappa shape index (κ1) is 11.4. The van der Waals surface area contributed by atoms with Crippen LogP contribution in [-0.4, -0.2) is 48.0 Å². The van der Waals surface area contributed by atoms with Gasteiger partial charge < -0.3 is 9.84 Å². The van der Waals surface area contributed by atoms with Gasteiger partial charge in [0.1, 0.15) is 0 Å². The maximum absolute atomic E-state index is 10.0. The van der Waals surface area contributed by atoms with E-state index >= 15 is 0 Å². The van der Waals surface area contributed by atoms with E-state index in [0.717, 1.165) is 19.6 Å². The molecular formula is C12H23NO2. The fourth-order valence-electron chi connectivity index (χ4n) is 2.82. The molecule has 0 saturated carbocycles. The molecule has 3 nitrogen and oxygen atoms in total. The molecule has 2 aliphatic heterocycles. The number of likely N-dealkylation sites (tertiary alicyclic amines) is 1. The van der Waals surface area contributed by atoms with Crippen molar-refractivity contribution in [3.05, 3.63) is 0 Å². The molecule has 0 aromatic carbocycles. The second-order valence-electron chi connectivity index (χ2n) is 4.93. The molecule has 2 aliphatic rings. The van der Waals surface area contributed by atoms with E-state index in [4.69, 9.17) is 4.74 Å². The Balaban J connectivity index is 1.98. The molecule has 0 bridgehead atoms. The number of hydrogen-bond donors (Lipinski definition) is 1. The minimum absolute atomic E-state index is 0.181. The van der Waals surface area contributed by atoms with Crippen LogP contribution in [0.3, 0.4) is 0 Å². The summed E-state index contributed by atoms with van der Waals surface area (Å²) < 4.78 is 5.49. The van der Waals surface area contributed by atoms with Gasteiger partial charge in [-0.1, -0.05) is 12.8 Å². The molecule has 3 unspecified atom stereocenters. The fraction of sp³-hybridized carbons (Fsp3) is 1.00. The average Bonchev–Trinajstić information content (AvgIpc) is 2.44. The van der Waals surface area contributed by atoms with Gasteiger partial charge in [-0.15, -0.1) is 0 Å². The summed E-state index contributed by atoms with van der Waals surface area (Å²) in [6, 6.07) is 0.848. The first-order valence-electron chi connectivity index (χ1n) is 6.30. The molecule has 0 aromatic heterocycles. The summed E-state index contributed by atoms with van der Waals surface area (Å²) in [6.07, 6.45) is 5.83. The smallest absolute Gasteiger partial charge is 0.0739 e. The van der Waals surface area contributed by atoms with Gasteiger partial charge in [0.2, 0.25) is 0 Å². The third kappa shape index (κ3) is 2.71. The van der Waals surface area contributed by atoms with Gasteiger partial charge in [0.15, 0.2) is 0 Å². The van der Waals surface area contributed by atoms with Gasteiger partial charge in [0, 0.05) is 12.6 Å². The molecule has 3 atom stereocenters. The quantitative estimate of drug-likeness (QED) is 0.714. The van der Waals surface area contributed by atoms with Gasteiger partial charge in [0.05, 0.1) is 18.8 Å². The summed E-state index contributed by atoms with van der Waals surface area (Å²) in [7, 11) is 0. The highest BCUT2D eigenvalue weighted by Crippen LogP contribution is 2.23. The van der Waals surface area contributed by atoms with Gasteiger partial charge in [-0.2, -0.15) is 0 Å². The number of ether oxygens (including phenoxy) is 1. The van der Waals surface area contributed by atoms with Crippen molar-refractivity contribution in [3.8, 4) is 0 Å². The highest BCUT2D eigenvalue weighted by molar-refractivity contribution is 4.86. The van der Waals surface area contributed by atoms with Crippen LogP contribution in [0.5, 0.6) is 0 Å². The molecule has 0 amide bonds. The summed E-state index contributed by atoms with van der Waals surface area (Å²) >= 11 is 0. The molecule has 0 aliphatic carbocycles. The maximum atomic E-state index is 10.0. The van der Waals surface area contributed by atoms with E-state index in [1.165, 1.54) is 25.7 Å². The summed E-state index contributed by atoms with van der Waals surface area (Å²) in [5, 5.41) is 10.0. The Kier molecular flexibility index (Phi) is 4.00. The van der Waals surface area contributed by atoms with E-state index in [-0.39, 0.29) is 12.1 Å². The minimum Gasteiger partial charge on any atom is -0.391 e. The zero-order valence-electron chi connectivity index (χ0n) is 9.69. The molecule has 88 valence electrons. The lowest BCUT2D eigenvalue weighted by Gasteiger charge is -2.40. The van der Waals surface area contributed by atoms with Gasteiger partial charge >= 0.3 is 0 Å². The largest absolute Gasteiger partial charge is 0.391 e. The molecule has 2 saturated heterocycles. The van der Waals surface area contributed by atoms with E-state index in [1.54, 1.807) is 0 Å². The average molecular weight is 213 g/mol. The van der Waals surface area contributed by atoms with Crippen molar-refractivity contribution in [2.75, 3.05) is 19.8 Å². The summed E-state index contributed by atoms with van der Waals surface area (Å²) in [6.45, 7) is 4.85. The third-order valence-electron chi connectivity index (χ3n) is 3.82. The Morgan fingerprint density at radius 1 is 1.20 bits per heavy atom. The summed E-state index contributed by atoms with van der Waals surface area (Å²) in [4.78, 5) is 2.47. The predicted molar refractivity (Wildman–Crippen MR) is 59.9 cm³/mol. The monoisotopic (exact) mass is 213 g/mol. The summed E-state index contributed by atoms with van der Waals surface area (Å²) in [5.74, 6) is 0. The number of rotatable bonds is 1. The van der Waals surface area contributed by atoms with E-state index in [2.05, 4.69) is 11.8 Å². The second-order valence-corrected chi connectivity index (χ2v) is 4.93. The molecule has 2 rings (SSSR count). The number of hydrogen-bond acceptors (Lipinski definition) is 3. The van der Waals surface area contributed by atoms with Crippen molar-refractivity contribution in [2.24, 2.45) is 0 Å². The molecular weight excluding hydrogens is 190 g/mol. The highest BCUT2D eigenvalue weighted by Gasteiger charge is 2.32. The molecule has 0 spiro atoms. The molecule has 2 fully saturated rings. The van der Waals surface area contributed by atoms with Gasteiger partial charge in [-0.25, -0.2) is 0 Å². The number of nitrogens with zero attached hydrogens (tertiary/aromatic N) is 1. The number of aliphatic hydroxyl groups excluding tert-OH is 1. The van der Waals surface area contributed by atoms with Crippen molar-refractivity contribution in [3.63, 3.8) is 0 Å². The van der Waals surface area contributed by atoms with Crippen LogP contribution in [0.4, 0.5) is 0 Å². The topological polar surface area (TPSA) is 32.7 Å². The second kappa shape index (κ2) is 5.28. The Morgan fingerprint density at radius 2 is 2.07 bits per heavy atom. The van der Waals surface area contributed by atoms with E-state index in [9.17, 15) is 5.11 Å². The Bertz CT molecular complexity index is 198. The van der Waals surface area contributed by atoms with Crippen LogP contribution < -0.4 is 0 Å². The van der Waals surface area contributed by atoms with Crippen LogP contribution in [-0.2, 0) is 4.74 Å². The van der Waals surface area contributed by atoms with Crippen molar-refractivity contribution in [1.29, 1.82) is 0 Å². The van der Waals surface area contributed by atoms with Crippen LogP contribution in [0, 0.1) is 0 Å². The van der Waals surface area contributed by atoms with E-state index < -0.39 is 0 Å². The van der Waals surface area contributed by atoms with Gasteiger partial charge in [0.25, 0.3) is 0 Å². The Labute approximate surface area is 92.4 Å². The first-order chi connectivity index (χ1) is 7.29. The zero-order valence-corrected chi connectivity index (χ0v) is 9.69. The van der Waals surface area contributed by atoms with Crippen molar-refractivity contribution in [2.45, 2.75) is 57.2 Å². The standard InChI is InChI=1S/C12H23NO2/c1-10-5-3-2-4-7-13(10)11-9-15-8-6-12(11)14/h10-12,14H,2-9H2,1H3. The Morgan fingerprint density at radius 3 is 2.87 bits per heavy atom. The van der Waals surface area contributed by atoms with Gasteiger partial charge in [-0.3, -0.25) is 4.90 Å². The normalized spacial score (nSPS) is 40.0. The fourth-order valence-corrected chi connectivity index (χ4v) is 2.82. The molecule has 15 heavy (non-hydrogen) atoms. The van der Waals surface area contributed by atoms with Crippen molar-refractivity contribution >= 4 is 0 Å². The van der Waals surface area contributed by atoms with E-state index in [0.29, 0.717) is 12.6 Å². The molecule has 0 radical (unpaired) electrons. The predicted octanol–water partition coefficient (Wildman–Crippen LogP) is 1.40. The molecule has 3 heteroatoms. The lowest BCUT2D eigenvalue weighted by atomic mass is 10.0. The minimum atomic E-state index is -0.181. The Hall–Kier alpha value is -0.120. The van der Waals surface area contributed by atoms with Crippen molar-refractivity contribution in [1.82, 2.24) is 4.90 Å². The number of aliphatic hydroxyl groups is 1. The van der Waals surface area contributed by atoms with Gasteiger partial charge in [-0.05, 0) is 32.7 Å². The maximum Gasteiger partial charge on any atom is 0.0739 e. The molecule has 1 N–H and O–H groups in total. The van der Waals surface area contributed by atoms with Crippen LogP contribution in [0.1, 0.15) is 39.0 Å². The molecule has 2 heterocycles. The van der Waals surface area contributed by atoms with Crippen LogP contribution in [0.2, 0.25) is 0 Å².